The molecule has 1 aliphatic carbocycles. The van der Waals surface area contributed by atoms with Gasteiger partial charge in [0.25, 0.3) is 0 Å². The highest BCUT2D eigenvalue weighted by molar-refractivity contribution is 5.87. The molecule has 0 aromatic heterocycles. The molecule has 150 valence electrons. The van der Waals surface area contributed by atoms with Crippen LogP contribution in [-0.4, -0.2) is 25.3 Å². The van der Waals surface area contributed by atoms with Gasteiger partial charge in [0.2, 0.25) is 0 Å². The van der Waals surface area contributed by atoms with Gasteiger partial charge in [-0.1, -0.05) is 72.8 Å². The lowest BCUT2D eigenvalue weighted by atomic mass is 9.94. The Labute approximate surface area is 174 Å². The number of esters is 1. The molecule has 1 atom stereocenters. The summed E-state index contributed by atoms with van der Waals surface area (Å²) in [5, 5.41) is 3.12. The van der Waals surface area contributed by atoms with Crippen LogP contribution in [0.5, 0.6) is 0 Å². The Morgan fingerprint density at radius 1 is 0.833 bits per heavy atom. The Bertz CT molecular complexity index is 1080. The molecule has 0 saturated heterocycles. The number of rotatable bonds is 3. The standard InChI is InChI=1S/C25H21NO4/c27-24(23-17-8-2-1-7-16(17)13-14-26-23)30-25(28)29-15-22-20-11-5-3-9-18(20)19-10-4-6-12-21(19)22/h1-12,22-23,26H,13-15H2/t23-/m1/s1. The summed E-state index contributed by atoms with van der Waals surface area (Å²) in [5.74, 6) is -0.715. The van der Waals surface area contributed by atoms with Crippen LogP contribution in [0.1, 0.15) is 34.2 Å². The van der Waals surface area contributed by atoms with Crippen molar-refractivity contribution < 1.29 is 19.1 Å². The molecule has 5 nitrogen and oxygen atoms in total. The predicted molar refractivity (Wildman–Crippen MR) is 112 cm³/mol. The van der Waals surface area contributed by atoms with Crippen LogP contribution in [0.2, 0.25) is 0 Å². The number of carbonyl (C=O) groups is 2. The van der Waals surface area contributed by atoms with Crippen LogP contribution in [0.4, 0.5) is 4.79 Å². The number of hydrogen-bond acceptors (Lipinski definition) is 5. The van der Waals surface area contributed by atoms with Crippen molar-refractivity contribution in [3.63, 3.8) is 0 Å². The fourth-order valence-corrected chi connectivity index (χ4v) is 4.48. The maximum Gasteiger partial charge on any atom is 0.516 e. The van der Waals surface area contributed by atoms with Gasteiger partial charge >= 0.3 is 12.1 Å². The van der Waals surface area contributed by atoms with Gasteiger partial charge in [-0.05, 0) is 39.8 Å². The van der Waals surface area contributed by atoms with E-state index in [9.17, 15) is 9.59 Å². The Hall–Kier alpha value is -3.44. The Kier molecular flexibility index (Phi) is 4.81. The third kappa shape index (κ3) is 3.27. The first-order valence-electron chi connectivity index (χ1n) is 10.1. The summed E-state index contributed by atoms with van der Waals surface area (Å²) < 4.78 is 10.4. The fourth-order valence-electron chi connectivity index (χ4n) is 4.48. The number of hydrogen-bond donors (Lipinski definition) is 1. The van der Waals surface area contributed by atoms with Crippen molar-refractivity contribution in [2.75, 3.05) is 13.2 Å². The molecule has 3 aromatic carbocycles. The number of benzene rings is 3. The van der Waals surface area contributed by atoms with Gasteiger partial charge in [0.1, 0.15) is 12.6 Å². The molecule has 30 heavy (non-hydrogen) atoms. The Balaban J connectivity index is 1.27. The lowest BCUT2D eigenvalue weighted by molar-refractivity contribution is -0.142. The first-order valence-corrected chi connectivity index (χ1v) is 10.1. The van der Waals surface area contributed by atoms with Crippen molar-refractivity contribution in [2.24, 2.45) is 0 Å². The van der Waals surface area contributed by atoms with E-state index in [1.54, 1.807) is 0 Å². The molecule has 2 aliphatic rings. The summed E-state index contributed by atoms with van der Waals surface area (Å²) in [5.41, 5.74) is 6.45. The molecule has 5 heteroatoms. The maximum absolute atomic E-state index is 12.6. The molecule has 3 aromatic rings. The first-order chi connectivity index (χ1) is 14.7. The third-order valence-electron chi connectivity index (χ3n) is 5.86. The zero-order valence-corrected chi connectivity index (χ0v) is 16.3. The molecule has 0 saturated carbocycles. The van der Waals surface area contributed by atoms with Crippen LogP contribution in [0.15, 0.2) is 72.8 Å². The smallest absolute Gasteiger partial charge is 0.433 e. The van der Waals surface area contributed by atoms with Gasteiger partial charge in [0.15, 0.2) is 0 Å². The van der Waals surface area contributed by atoms with E-state index in [2.05, 4.69) is 17.4 Å². The quantitative estimate of drug-likeness (QED) is 0.524. The van der Waals surface area contributed by atoms with E-state index in [4.69, 9.17) is 9.47 Å². The van der Waals surface area contributed by atoms with Crippen LogP contribution < -0.4 is 5.32 Å². The number of carbonyl (C=O) groups excluding carboxylic acids is 2. The minimum absolute atomic E-state index is 0.0754. The Morgan fingerprint density at radius 2 is 1.43 bits per heavy atom. The molecule has 1 N–H and O–H groups in total. The van der Waals surface area contributed by atoms with Gasteiger partial charge in [-0.15, -0.1) is 0 Å². The van der Waals surface area contributed by atoms with Gasteiger partial charge in [-0.2, -0.15) is 0 Å². The van der Waals surface area contributed by atoms with E-state index in [0.29, 0.717) is 6.54 Å². The van der Waals surface area contributed by atoms with Crippen LogP contribution >= 0.6 is 0 Å². The Morgan fingerprint density at radius 3 is 2.13 bits per heavy atom. The van der Waals surface area contributed by atoms with Crippen LogP contribution in [-0.2, 0) is 20.7 Å². The number of ether oxygens (including phenoxy) is 2. The summed E-state index contributed by atoms with van der Waals surface area (Å²) in [4.78, 5) is 24.9. The van der Waals surface area contributed by atoms with Crippen molar-refractivity contribution in [1.82, 2.24) is 5.32 Å². The highest BCUT2D eigenvalue weighted by atomic mass is 16.7. The first kappa shape index (κ1) is 18.6. The van der Waals surface area contributed by atoms with E-state index in [1.165, 1.54) is 0 Å². The van der Waals surface area contributed by atoms with Crippen LogP contribution in [0, 0.1) is 0 Å². The van der Waals surface area contributed by atoms with Gasteiger partial charge in [0.05, 0.1) is 0 Å². The second-order valence-corrected chi connectivity index (χ2v) is 7.55. The van der Waals surface area contributed by atoms with Gasteiger partial charge in [0, 0.05) is 12.5 Å². The SMILES string of the molecule is O=C(OCC1c2ccccc2-c2ccccc21)OC(=O)[C@@H]1NCCc2ccccc21. The van der Waals surface area contributed by atoms with E-state index in [-0.39, 0.29) is 12.5 Å². The van der Waals surface area contributed by atoms with Crippen molar-refractivity contribution in [1.29, 1.82) is 0 Å². The number of nitrogens with one attached hydrogen (secondary N) is 1. The van der Waals surface area contributed by atoms with Crippen molar-refractivity contribution >= 4 is 12.1 Å². The van der Waals surface area contributed by atoms with Crippen molar-refractivity contribution in [2.45, 2.75) is 18.4 Å². The minimum Gasteiger partial charge on any atom is -0.433 e. The normalized spacial score (nSPS) is 16.9. The summed E-state index contributed by atoms with van der Waals surface area (Å²) in [6.07, 6.45) is -0.128. The zero-order chi connectivity index (χ0) is 20.5. The second kappa shape index (κ2) is 7.76. The highest BCUT2D eigenvalue weighted by Gasteiger charge is 2.31. The van der Waals surface area contributed by atoms with E-state index >= 15 is 0 Å². The van der Waals surface area contributed by atoms with Crippen molar-refractivity contribution in [3.8, 4) is 11.1 Å². The average Bonchev–Trinajstić information content (AvgIpc) is 3.11. The molecule has 1 aliphatic heterocycles. The topological polar surface area (TPSA) is 64.6 Å². The van der Waals surface area contributed by atoms with E-state index in [1.807, 2.05) is 60.7 Å². The molecule has 0 bridgehead atoms. The number of fused-ring (bicyclic) bond motifs is 4. The molecule has 0 amide bonds. The summed E-state index contributed by atoms with van der Waals surface area (Å²) in [6, 6.07) is 23.2. The highest BCUT2D eigenvalue weighted by Crippen LogP contribution is 2.44. The van der Waals surface area contributed by atoms with Crippen LogP contribution in [0.25, 0.3) is 11.1 Å². The van der Waals surface area contributed by atoms with Gasteiger partial charge in [-0.25, -0.2) is 9.59 Å². The molecule has 0 radical (unpaired) electrons. The summed E-state index contributed by atoms with van der Waals surface area (Å²) in [7, 11) is 0. The van der Waals surface area contributed by atoms with Gasteiger partial charge in [-0.3, -0.25) is 0 Å². The maximum atomic E-state index is 12.6. The second-order valence-electron chi connectivity index (χ2n) is 7.55. The third-order valence-corrected chi connectivity index (χ3v) is 5.86. The van der Waals surface area contributed by atoms with E-state index < -0.39 is 18.2 Å². The average molecular weight is 399 g/mol. The molecule has 1 heterocycles. The molecular weight excluding hydrogens is 378 g/mol. The van der Waals surface area contributed by atoms with Gasteiger partial charge < -0.3 is 14.8 Å². The lowest BCUT2D eigenvalue weighted by Gasteiger charge is -2.24. The predicted octanol–water partition coefficient (Wildman–Crippen LogP) is 4.37. The summed E-state index contributed by atoms with van der Waals surface area (Å²) >= 11 is 0. The van der Waals surface area contributed by atoms with Crippen LogP contribution in [0.3, 0.4) is 0 Å². The zero-order valence-electron chi connectivity index (χ0n) is 16.3. The van der Waals surface area contributed by atoms with E-state index in [0.717, 1.165) is 39.8 Å². The molecule has 5 rings (SSSR count). The lowest BCUT2D eigenvalue weighted by Crippen LogP contribution is -2.37. The largest absolute Gasteiger partial charge is 0.516 e. The molecular formula is C25H21NO4. The minimum atomic E-state index is -0.966. The summed E-state index contributed by atoms with van der Waals surface area (Å²) in [6.45, 7) is 0.774. The van der Waals surface area contributed by atoms with Crippen molar-refractivity contribution in [3.05, 3.63) is 95.1 Å². The fraction of sp³-hybridized carbons (Fsp3) is 0.200. The molecule has 0 unspecified atom stereocenters. The monoisotopic (exact) mass is 399 g/mol. The molecule has 0 fully saturated rings. The molecule has 0 spiro atoms.